The minimum Gasteiger partial charge on any atom is -0.334 e. The third-order valence-electron chi connectivity index (χ3n) is 6.03. The molecule has 27 heavy (non-hydrogen) atoms. The first kappa shape index (κ1) is 19.8. The summed E-state index contributed by atoms with van der Waals surface area (Å²) >= 11 is 0. The molecular weight excluding hydrogens is 362 g/mol. The van der Waals surface area contributed by atoms with Crippen molar-refractivity contribution in [3.63, 3.8) is 0 Å². The van der Waals surface area contributed by atoms with E-state index in [-0.39, 0.29) is 24.4 Å². The van der Waals surface area contributed by atoms with E-state index in [0.717, 1.165) is 44.6 Å². The van der Waals surface area contributed by atoms with Crippen LogP contribution in [-0.2, 0) is 0 Å². The highest BCUT2D eigenvalue weighted by atomic mass is 35.5. The number of benzene rings is 1. The zero-order chi connectivity index (χ0) is 18.1. The summed E-state index contributed by atoms with van der Waals surface area (Å²) in [7, 11) is 0. The van der Waals surface area contributed by atoms with Gasteiger partial charge in [-0.2, -0.15) is 0 Å². The van der Waals surface area contributed by atoms with Crippen molar-refractivity contribution in [3.05, 3.63) is 47.3 Å². The minimum atomic E-state index is 0. The second kappa shape index (κ2) is 8.40. The smallest absolute Gasteiger partial charge is 0.276 e. The standard InChI is InChI=1S/C20H27N5O.ClH/c1-14-18(16-6-4-3-5-7-16)10-13-24(14)20(26)19-15(2)25(23-22-19)17-8-11-21-12-9-17;/h3-7,14,17-18,21H,8-13H2,1-2H3;1H. The molecule has 0 radical (unpaired) electrons. The van der Waals surface area contributed by atoms with Crippen molar-refractivity contribution in [2.75, 3.05) is 19.6 Å². The van der Waals surface area contributed by atoms with Crippen molar-refractivity contribution in [2.45, 2.75) is 51.1 Å². The zero-order valence-corrected chi connectivity index (χ0v) is 16.8. The summed E-state index contributed by atoms with van der Waals surface area (Å²) in [6.45, 7) is 6.89. The van der Waals surface area contributed by atoms with Crippen molar-refractivity contribution < 1.29 is 4.79 Å². The monoisotopic (exact) mass is 389 g/mol. The zero-order valence-electron chi connectivity index (χ0n) is 16.0. The van der Waals surface area contributed by atoms with Gasteiger partial charge < -0.3 is 10.2 Å². The molecule has 2 saturated heterocycles. The predicted molar refractivity (Wildman–Crippen MR) is 107 cm³/mol. The number of nitrogens with one attached hydrogen (secondary N) is 1. The molecule has 2 unspecified atom stereocenters. The molecule has 7 heteroatoms. The largest absolute Gasteiger partial charge is 0.334 e. The predicted octanol–water partition coefficient (Wildman–Crippen LogP) is 2.95. The quantitative estimate of drug-likeness (QED) is 0.876. The molecule has 1 aromatic heterocycles. The second-order valence-corrected chi connectivity index (χ2v) is 7.49. The van der Waals surface area contributed by atoms with E-state index in [9.17, 15) is 4.79 Å². The van der Waals surface area contributed by atoms with Crippen molar-refractivity contribution >= 4 is 18.3 Å². The normalized spacial score (nSPS) is 23.3. The number of piperidine rings is 1. The lowest BCUT2D eigenvalue weighted by atomic mass is 9.93. The third kappa shape index (κ3) is 3.73. The molecule has 146 valence electrons. The van der Waals surface area contributed by atoms with Crippen LogP contribution in [0.5, 0.6) is 0 Å². The maximum atomic E-state index is 13.1. The highest BCUT2D eigenvalue weighted by Crippen LogP contribution is 2.34. The molecule has 0 spiro atoms. The van der Waals surface area contributed by atoms with Gasteiger partial charge in [0.25, 0.3) is 5.91 Å². The lowest BCUT2D eigenvalue weighted by Gasteiger charge is -2.25. The van der Waals surface area contributed by atoms with E-state index < -0.39 is 0 Å². The van der Waals surface area contributed by atoms with Crippen LogP contribution < -0.4 is 5.32 Å². The van der Waals surface area contributed by atoms with Crippen LogP contribution in [-0.4, -0.2) is 51.5 Å². The Balaban J connectivity index is 0.00000210. The van der Waals surface area contributed by atoms with Gasteiger partial charge in [-0.1, -0.05) is 35.5 Å². The maximum absolute atomic E-state index is 13.1. The maximum Gasteiger partial charge on any atom is 0.276 e. The molecule has 2 aliphatic rings. The number of rotatable bonds is 3. The molecule has 1 N–H and O–H groups in total. The molecule has 3 heterocycles. The Kier molecular flexibility index (Phi) is 6.17. The van der Waals surface area contributed by atoms with Crippen LogP contribution in [0.15, 0.2) is 30.3 Å². The lowest BCUT2D eigenvalue weighted by Crippen LogP contribution is -2.36. The van der Waals surface area contributed by atoms with Gasteiger partial charge in [0.2, 0.25) is 0 Å². The molecule has 2 fully saturated rings. The number of hydrogen-bond acceptors (Lipinski definition) is 4. The first-order valence-corrected chi connectivity index (χ1v) is 9.65. The first-order valence-electron chi connectivity index (χ1n) is 9.65. The van der Waals surface area contributed by atoms with Gasteiger partial charge in [0.1, 0.15) is 0 Å². The number of carbonyl (C=O) groups excluding carboxylic acids is 1. The molecule has 1 amide bonds. The average molecular weight is 390 g/mol. The van der Waals surface area contributed by atoms with Crippen molar-refractivity contribution in [1.29, 1.82) is 0 Å². The van der Waals surface area contributed by atoms with E-state index in [0.29, 0.717) is 17.7 Å². The Morgan fingerprint density at radius 3 is 2.56 bits per heavy atom. The molecule has 0 bridgehead atoms. The summed E-state index contributed by atoms with van der Waals surface area (Å²) in [6, 6.07) is 11.0. The van der Waals surface area contributed by atoms with Crippen LogP contribution in [0.1, 0.15) is 59.9 Å². The van der Waals surface area contributed by atoms with E-state index >= 15 is 0 Å². The SMILES string of the molecule is Cc1c(C(=O)N2CCC(c3ccccc3)C2C)nnn1C1CCNCC1.Cl. The molecule has 2 atom stereocenters. The second-order valence-electron chi connectivity index (χ2n) is 7.49. The molecule has 1 aromatic carbocycles. The van der Waals surface area contributed by atoms with Crippen LogP contribution in [0, 0.1) is 6.92 Å². The topological polar surface area (TPSA) is 63.1 Å². The van der Waals surface area contributed by atoms with Crippen molar-refractivity contribution in [1.82, 2.24) is 25.2 Å². The summed E-state index contributed by atoms with van der Waals surface area (Å²) in [6.07, 6.45) is 3.07. The van der Waals surface area contributed by atoms with Crippen LogP contribution in [0.25, 0.3) is 0 Å². The summed E-state index contributed by atoms with van der Waals surface area (Å²) < 4.78 is 1.96. The summed E-state index contributed by atoms with van der Waals surface area (Å²) in [5, 5.41) is 12.0. The van der Waals surface area contributed by atoms with Gasteiger partial charge in [0.05, 0.1) is 11.7 Å². The van der Waals surface area contributed by atoms with Crippen LogP contribution in [0.2, 0.25) is 0 Å². The van der Waals surface area contributed by atoms with Gasteiger partial charge in [-0.3, -0.25) is 4.79 Å². The van der Waals surface area contributed by atoms with Crippen molar-refractivity contribution in [3.8, 4) is 0 Å². The van der Waals surface area contributed by atoms with Gasteiger partial charge in [-0.05, 0) is 51.8 Å². The number of aromatic nitrogens is 3. The fourth-order valence-electron chi connectivity index (χ4n) is 4.44. The summed E-state index contributed by atoms with van der Waals surface area (Å²) in [5.41, 5.74) is 2.73. The first-order chi connectivity index (χ1) is 12.7. The van der Waals surface area contributed by atoms with E-state index in [1.54, 1.807) is 0 Å². The Morgan fingerprint density at radius 2 is 1.85 bits per heavy atom. The van der Waals surface area contributed by atoms with Gasteiger partial charge in [-0.15, -0.1) is 17.5 Å². The summed E-state index contributed by atoms with van der Waals surface area (Å²) in [4.78, 5) is 15.1. The van der Waals surface area contributed by atoms with Crippen LogP contribution in [0.4, 0.5) is 0 Å². The van der Waals surface area contributed by atoms with E-state index in [1.165, 1.54) is 5.56 Å². The van der Waals surface area contributed by atoms with Crippen molar-refractivity contribution in [2.24, 2.45) is 0 Å². The van der Waals surface area contributed by atoms with Gasteiger partial charge in [0.15, 0.2) is 5.69 Å². The molecular formula is C20H28ClN5O. The highest BCUT2D eigenvalue weighted by Gasteiger charge is 2.37. The van der Waals surface area contributed by atoms with Crippen LogP contribution in [0.3, 0.4) is 0 Å². The number of amides is 1. The van der Waals surface area contributed by atoms with E-state index in [4.69, 9.17) is 0 Å². The van der Waals surface area contributed by atoms with E-state index in [1.807, 2.05) is 22.6 Å². The highest BCUT2D eigenvalue weighted by molar-refractivity contribution is 5.93. The Bertz CT molecular complexity index is 772. The lowest BCUT2D eigenvalue weighted by molar-refractivity contribution is 0.0735. The number of likely N-dealkylation sites (tertiary alicyclic amines) is 1. The number of carbonyl (C=O) groups is 1. The fourth-order valence-corrected chi connectivity index (χ4v) is 4.44. The van der Waals surface area contributed by atoms with Crippen LogP contribution >= 0.6 is 12.4 Å². The molecule has 2 aliphatic heterocycles. The Labute approximate surface area is 166 Å². The molecule has 0 saturated carbocycles. The van der Waals surface area contributed by atoms with Gasteiger partial charge in [0, 0.05) is 18.5 Å². The molecule has 6 nitrogen and oxygen atoms in total. The van der Waals surface area contributed by atoms with Gasteiger partial charge in [-0.25, -0.2) is 4.68 Å². The molecule has 4 rings (SSSR count). The summed E-state index contributed by atoms with van der Waals surface area (Å²) in [5.74, 6) is 0.411. The fraction of sp³-hybridized carbons (Fsp3) is 0.550. The van der Waals surface area contributed by atoms with Gasteiger partial charge >= 0.3 is 0 Å². The number of halogens is 1. The number of hydrogen-bond donors (Lipinski definition) is 1. The molecule has 2 aromatic rings. The third-order valence-corrected chi connectivity index (χ3v) is 6.03. The van der Waals surface area contributed by atoms with E-state index in [2.05, 4.69) is 46.8 Å². The molecule has 0 aliphatic carbocycles. The Hall–Kier alpha value is -1.92. The minimum absolute atomic E-state index is 0. The number of nitrogens with zero attached hydrogens (tertiary/aromatic N) is 4. The average Bonchev–Trinajstić information content (AvgIpc) is 3.25. The Morgan fingerprint density at radius 1 is 1.15 bits per heavy atom.